The maximum Gasteiger partial charge on any atom is 0.352 e. The van der Waals surface area contributed by atoms with E-state index in [2.05, 4.69) is 9.88 Å². The monoisotopic (exact) mass is 455 g/mol. The number of hydrogen-bond acceptors (Lipinski definition) is 6. The number of rotatable bonds is 5. The van der Waals surface area contributed by atoms with Crippen molar-refractivity contribution in [1.82, 2.24) is 9.55 Å². The van der Waals surface area contributed by atoms with Gasteiger partial charge < -0.3 is 19.1 Å². The molecule has 3 heterocycles. The van der Waals surface area contributed by atoms with Gasteiger partial charge in [-0.2, -0.15) is 4.98 Å². The minimum absolute atomic E-state index is 0.110. The normalized spacial score (nSPS) is 17.3. The average molecular weight is 455 g/mol. The first-order chi connectivity index (χ1) is 16.0. The van der Waals surface area contributed by atoms with E-state index in [1.807, 2.05) is 6.92 Å². The van der Waals surface area contributed by atoms with Gasteiger partial charge in [0.25, 0.3) is 0 Å². The summed E-state index contributed by atoms with van der Waals surface area (Å²) in [5, 5.41) is 0. The van der Waals surface area contributed by atoms with Crippen molar-refractivity contribution in [3.8, 4) is 17.4 Å². The number of hydrogen-bond donors (Lipinski definition) is 0. The predicted molar refractivity (Wildman–Crippen MR) is 117 cm³/mol. The molecule has 33 heavy (non-hydrogen) atoms. The standard InChI is InChI=1S/C24H23F2N3O4/c1-15-2-4-18(5-3-15)33-23-19(25)10-16(11-20(23)26)13-32-21-12-22-28-8-9-31-14-17(28)6-7-29(22)24(30)27-21/h2-5,10-12,17H,6-9,13-14H2,1H3/t17-/m0/s1. The topological polar surface area (TPSA) is 65.8 Å². The molecule has 0 saturated carbocycles. The minimum Gasteiger partial charge on any atom is -0.473 e. The number of morpholine rings is 1. The fourth-order valence-corrected chi connectivity index (χ4v) is 4.14. The van der Waals surface area contributed by atoms with Gasteiger partial charge in [-0.25, -0.2) is 13.6 Å². The smallest absolute Gasteiger partial charge is 0.352 e. The summed E-state index contributed by atoms with van der Waals surface area (Å²) >= 11 is 0. The molecule has 172 valence electrons. The Bertz CT molecular complexity index is 1210. The molecule has 2 aliphatic heterocycles. The van der Waals surface area contributed by atoms with Gasteiger partial charge in [0, 0.05) is 19.2 Å². The maximum atomic E-state index is 14.6. The largest absolute Gasteiger partial charge is 0.473 e. The summed E-state index contributed by atoms with van der Waals surface area (Å²) in [4.78, 5) is 18.6. The highest BCUT2D eigenvalue weighted by atomic mass is 19.1. The lowest BCUT2D eigenvalue weighted by Gasteiger charge is -2.41. The van der Waals surface area contributed by atoms with E-state index in [1.54, 1.807) is 34.9 Å². The van der Waals surface area contributed by atoms with Crippen molar-refractivity contribution in [3.63, 3.8) is 0 Å². The SMILES string of the molecule is Cc1ccc(Oc2c(F)cc(COc3cc4n(c(=O)n3)CC[C@H]3COCCN43)cc2F)cc1. The first-order valence-corrected chi connectivity index (χ1v) is 10.8. The molecule has 1 atom stereocenters. The lowest BCUT2D eigenvalue weighted by Crippen LogP contribution is -2.51. The molecule has 1 aromatic heterocycles. The minimum atomic E-state index is -0.844. The van der Waals surface area contributed by atoms with E-state index in [0.717, 1.165) is 29.9 Å². The summed E-state index contributed by atoms with van der Waals surface area (Å²) in [7, 11) is 0. The third-order valence-corrected chi connectivity index (χ3v) is 5.86. The van der Waals surface area contributed by atoms with E-state index >= 15 is 0 Å². The van der Waals surface area contributed by atoms with Crippen molar-refractivity contribution >= 4 is 5.82 Å². The van der Waals surface area contributed by atoms with Crippen LogP contribution in [0.4, 0.5) is 14.6 Å². The molecule has 9 heteroatoms. The molecular weight excluding hydrogens is 432 g/mol. The number of ether oxygens (including phenoxy) is 3. The van der Waals surface area contributed by atoms with Gasteiger partial charge >= 0.3 is 5.69 Å². The molecule has 0 spiro atoms. The number of anilines is 1. The summed E-state index contributed by atoms with van der Waals surface area (Å²) in [5.74, 6) is -0.996. The molecule has 5 rings (SSSR count). The van der Waals surface area contributed by atoms with Crippen molar-refractivity contribution in [2.24, 2.45) is 0 Å². The third-order valence-electron chi connectivity index (χ3n) is 5.86. The van der Waals surface area contributed by atoms with E-state index < -0.39 is 23.1 Å². The molecular formula is C24H23F2N3O4. The summed E-state index contributed by atoms with van der Waals surface area (Å²) in [5.41, 5.74) is 0.854. The summed E-state index contributed by atoms with van der Waals surface area (Å²) in [6.45, 7) is 4.18. The van der Waals surface area contributed by atoms with Crippen molar-refractivity contribution in [3.05, 3.63) is 75.7 Å². The van der Waals surface area contributed by atoms with Gasteiger partial charge in [0.1, 0.15) is 18.2 Å². The second-order valence-corrected chi connectivity index (χ2v) is 8.19. The Balaban J connectivity index is 1.33. The zero-order valence-electron chi connectivity index (χ0n) is 18.1. The van der Waals surface area contributed by atoms with Crippen LogP contribution in [0.25, 0.3) is 0 Å². The van der Waals surface area contributed by atoms with Gasteiger partial charge in [-0.1, -0.05) is 17.7 Å². The van der Waals surface area contributed by atoms with Gasteiger partial charge in [0.2, 0.25) is 5.88 Å². The van der Waals surface area contributed by atoms with Crippen LogP contribution >= 0.6 is 0 Å². The third kappa shape index (κ3) is 4.41. The Hall–Kier alpha value is -3.46. The van der Waals surface area contributed by atoms with Crippen LogP contribution in [0.2, 0.25) is 0 Å². The molecule has 0 N–H and O–H groups in total. The first kappa shape index (κ1) is 21.4. The summed E-state index contributed by atoms with van der Waals surface area (Å²) < 4.78 is 47.3. The Labute approximate surface area is 189 Å². The van der Waals surface area contributed by atoms with E-state index in [9.17, 15) is 13.6 Å². The Kier molecular flexibility index (Phi) is 5.72. The van der Waals surface area contributed by atoms with E-state index in [1.165, 1.54) is 0 Å². The molecule has 1 fully saturated rings. The van der Waals surface area contributed by atoms with E-state index in [-0.39, 0.29) is 24.1 Å². The number of aromatic nitrogens is 2. The number of nitrogens with zero attached hydrogens (tertiary/aromatic N) is 3. The van der Waals surface area contributed by atoms with Crippen molar-refractivity contribution < 1.29 is 23.0 Å². The highest BCUT2D eigenvalue weighted by Crippen LogP contribution is 2.30. The molecule has 3 aromatic rings. The van der Waals surface area contributed by atoms with Crippen LogP contribution in [0.5, 0.6) is 17.4 Å². The highest BCUT2D eigenvalue weighted by molar-refractivity contribution is 5.45. The quantitative estimate of drug-likeness (QED) is 0.583. The molecule has 0 amide bonds. The Morgan fingerprint density at radius 1 is 1.12 bits per heavy atom. The van der Waals surface area contributed by atoms with E-state index in [4.69, 9.17) is 14.2 Å². The molecule has 7 nitrogen and oxygen atoms in total. The van der Waals surface area contributed by atoms with Gasteiger partial charge in [0.15, 0.2) is 17.4 Å². The molecule has 2 aliphatic rings. The van der Waals surface area contributed by atoms with Crippen LogP contribution in [0.1, 0.15) is 17.5 Å². The summed E-state index contributed by atoms with van der Waals surface area (Å²) in [6, 6.07) is 11.1. The molecule has 0 radical (unpaired) electrons. The highest BCUT2D eigenvalue weighted by Gasteiger charge is 2.30. The zero-order valence-corrected chi connectivity index (χ0v) is 18.1. The van der Waals surface area contributed by atoms with Crippen molar-refractivity contribution in [1.29, 1.82) is 0 Å². The lowest BCUT2D eigenvalue weighted by molar-refractivity contribution is 0.0847. The van der Waals surface area contributed by atoms with Crippen LogP contribution in [-0.2, 0) is 17.9 Å². The van der Waals surface area contributed by atoms with Crippen molar-refractivity contribution in [2.45, 2.75) is 32.5 Å². The second-order valence-electron chi connectivity index (χ2n) is 8.19. The molecule has 1 saturated heterocycles. The first-order valence-electron chi connectivity index (χ1n) is 10.8. The number of halogens is 2. The predicted octanol–water partition coefficient (Wildman–Crippen LogP) is 3.81. The Morgan fingerprint density at radius 2 is 1.88 bits per heavy atom. The Morgan fingerprint density at radius 3 is 2.64 bits per heavy atom. The fourth-order valence-electron chi connectivity index (χ4n) is 4.14. The second kappa shape index (κ2) is 8.82. The average Bonchev–Trinajstić information content (AvgIpc) is 2.81. The maximum absolute atomic E-state index is 14.6. The van der Waals surface area contributed by atoms with Gasteiger partial charge in [-0.3, -0.25) is 4.57 Å². The number of fused-ring (bicyclic) bond motifs is 3. The van der Waals surface area contributed by atoms with Crippen LogP contribution in [0.3, 0.4) is 0 Å². The van der Waals surface area contributed by atoms with Gasteiger partial charge in [0.05, 0.1) is 19.3 Å². The van der Waals surface area contributed by atoms with Crippen LogP contribution in [-0.4, -0.2) is 35.4 Å². The molecule has 2 aromatic carbocycles. The van der Waals surface area contributed by atoms with Crippen LogP contribution in [0.15, 0.2) is 47.3 Å². The number of benzene rings is 2. The van der Waals surface area contributed by atoms with Gasteiger partial charge in [-0.05, 0) is 43.2 Å². The van der Waals surface area contributed by atoms with E-state index in [0.29, 0.717) is 32.1 Å². The van der Waals surface area contributed by atoms with Crippen LogP contribution < -0.4 is 20.1 Å². The van der Waals surface area contributed by atoms with Gasteiger partial charge in [-0.15, -0.1) is 0 Å². The molecule has 0 bridgehead atoms. The van der Waals surface area contributed by atoms with Crippen molar-refractivity contribution in [2.75, 3.05) is 24.7 Å². The molecule has 0 aliphatic carbocycles. The zero-order chi connectivity index (χ0) is 22.9. The summed E-state index contributed by atoms with van der Waals surface area (Å²) in [6.07, 6.45) is 0.810. The van der Waals surface area contributed by atoms with Crippen LogP contribution in [0, 0.1) is 18.6 Å². The molecule has 0 unspecified atom stereocenters. The fraction of sp³-hybridized carbons (Fsp3) is 0.333. The number of aryl methyl sites for hydroxylation is 1. The lowest BCUT2D eigenvalue weighted by atomic mass is 10.1.